The summed E-state index contributed by atoms with van der Waals surface area (Å²) in [7, 11) is 0. The number of fused-ring (bicyclic) bond motifs is 5. The van der Waals surface area contributed by atoms with Crippen LogP contribution in [0.4, 0.5) is 0 Å². The number of hydrogen-bond acceptors (Lipinski definition) is 4. The summed E-state index contributed by atoms with van der Waals surface area (Å²) in [4.78, 5) is 15.3. The van der Waals surface area contributed by atoms with E-state index in [2.05, 4.69) is 127 Å². The van der Waals surface area contributed by atoms with Crippen molar-refractivity contribution in [2.24, 2.45) is 0 Å². The molecule has 0 saturated heterocycles. The number of thiophene rings is 1. The maximum Gasteiger partial charge on any atom is 0.160 e. The Hall–Kier alpha value is -4.93. The SMILES string of the molecule is C1=CCC(c2cc(-c3ccccc3)nc(-c3ccc(-c4nc5ccccc5c5c4sc4ccccc45)cc3)n2)C=C1. The molecule has 8 rings (SSSR count). The topological polar surface area (TPSA) is 38.7 Å². The Kier molecular flexibility index (Phi) is 5.78. The predicted molar refractivity (Wildman–Crippen MR) is 172 cm³/mol. The van der Waals surface area contributed by atoms with Crippen LogP contribution >= 0.6 is 11.3 Å². The lowest BCUT2D eigenvalue weighted by Gasteiger charge is -2.15. The van der Waals surface area contributed by atoms with Crippen molar-refractivity contribution in [1.29, 1.82) is 0 Å². The molecule has 4 aromatic carbocycles. The van der Waals surface area contributed by atoms with E-state index in [0.29, 0.717) is 0 Å². The Balaban J connectivity index is 1.26. The van der Waals surface area contributed by atoms with Crippen LogP contribution in [-0.2, 0) is 0 Å². The Bertz CT molecular complexity index is 2120. The highest BCUT2D eigenvalue weighted by Crippen LogP contribution is 2.42. The standard InChI is InChI=1S/C37H25N3S/c1-3-11-24(12-4-1)31-23-32(25-13-5-2-6-14-25)40-37(39-31)27-21-19-26(20-22-27)35-36-34(28-15-7-9-17-30(28)38-35)29-16-8-10-18-33(29)41-36/h1-13,15-23,25H,14H2. The van der Waals surface area contributed by atoms with E-state index in [9.17, 15) is 0 Å². The predicted octanol–water partition coefficient (Wildman–Crippen LogP) is 9.99. The van der Waals surface area contributed by atoms with Crippen LogP contribution in [0, 0.1) is 0 Å². The van der Waals surface area contributed by atoms with Gasteiger partial charge in [-0.1, -0.05) is 115 Å². The van der Waals surface area contributed by atoms with Crippen LogP contribution in [0.1, 0.15) is 18.0 Å². The molecule has 0 N–H and O–H groups in total. The minimum atomic E-state index is 0.242. The van der Waals surface area contributed by atoms with E-state index in [1.54, 1.807) is 0 Å². The van der Waals surface area contributed by atoms with Crippen LogP contribution in [-0.4, -0.2) is 15.0 Å². The van der Waals surface area contributed by atoms with Crippen molar-refractivity contribution in [1.82, 2.24) is 15.0 Å². The third-order valence-electron chi connectivity index (χ3n) is 7.81. The van der Waals surface area contributed by atoms with Crippen LogP contribution in [0.15, 0.2) is 133 Å². The zero-order chi connectivity index (χ0) is 27.2. The molecular weight excluding hydrogens is 518 g/mol. The zero-order valence-corrected chi connectivity index (χ0v) is 23.1. The van der Waals surface area contributed by atoms with Crippen molar-refractivity contribution in [3.63, 3.8) is 0 Å². The molecule has 0 fully saturated rings. The van der Waals surface area contributed by atoms with Crippen molar-refractivity contribution in [3.8, 4) is 33.9 Å². The minimum absolute atomic E-state index is 0.242. The fourth-order valence-corrected chi connectivity index (χ4v) is 6.98. The third-order valence-corrected chi connectivity index (χ3v) is 8.99. The van der Waals surface area contributed by atoms with E-state index in [-0.39, 0.29) is 5.92 Å². The lowest BCUT2D eigenvalue weighted by molar-refractivity contribution is 0.811. The molecule has 3 nitrogen and oxygen atoms in total. The van der Waals surface area contributed by atoms with Crippen LogP contribution < -0.4 is 0 Å². The molecule has 1 unspecified atom stereocenters. The lowest BCUT2D eigenvalue weighted by atomic mass is 9.95. The Morgan fingerprint density at radius 1 is 0.634 bits per heavy atom. The maximum absolute atomic E-state index is 5.17. The van der Waals surface area contributed by atoms with Gasteiger partial charge in [0.1, 0.15) is 0 Å². The fraction of sp³-hybridized carbons (Fsp3) is 0.0541. The lowest BCUT2D eigenvalue weighted by Crippen LogP contribution is -2.04. The van der Waals surface area contributed by atoms with Crippen LogP contribution in [0.3, 0.4) is 0 Å². The summed E-state index contributed by atoms with van der Waals surface area (Å²) in [6.45, 7) is 0. The van der Waals surface area contributed by atoms with Gasteiger partial charge in [-0.25, -0.2) is 15.0 Å². The number of nitrogens with zero attached hydrogens (tertiary/aromatic N) is 3. The van der Waals surface area contributed by atoms with Gasteiger partial charge >= 0.3 is 0 Å². The van der Waals surface area contributed by atoms with Gasteiger partial charge in [0, 0.05) is 43.5 Å². The molecule has 0 bridgehead atoms. The molecule has 7 aromatic rings. The molecule has 1 atom stereocenters. The van der Waals surface area contributed by atoms with E-state index < -0.39 is 0 Å². The molecule has 194 valence electrons. The largest absolute Gasteiger partial charge is 0.246 e. The molecule has 3 heterocycles. The van der Waals surface area contributed by atoms with E-state index in [1.807, 2.05) is 17.4 Å². The maximum atomic E-state index is 5.17. The molecule has 3 aromatic heterocycles. The van der Waals surface area contributed by atoms with Crippen molar-refractivity contribution >= 4 is 42.4 Å². The van der Waals surface area contributed by atoms with E-state index in [1.165, 1.54) is 25.6 Å². The molecule has 1 aliphatic carbocycles. The molecule has 0 spiro atoms. The van der Waals surface area contributed by atoms with Gasteiger partial charge in [0.15, 0.2) is 5.82 Å². The number of para-hydroxylation sites is 1. The first-order chi connectivity index (χ1) is 20.3. The van der Waals surface area contributed by atoms with E-state index >= 15 is 0 Å². The molecular formula is C37H25N3S. The van der Waals surface area contributed by atoms with Crippen LogP contribution in [0.2, 0.25) is 0 Å². The van der Waals surface area contributed by atoms with E-state index in [0.717, 1.165) is 51.5 Å². The molecule has 0 amide bonds. The summed E-state index contributed by atoms with van der Waals surface area (Å²) >= 11 is 1.82. The van der Waals surface area contributed by atoms with Gasteiger partial charge in [-0.2, -0.15) is 0 Å². The van der Waals surface area contributed by atoms with Crippen LogP contribution in [0.25, 0.3) is 65.0 Å². The average Bonchev–Trinajstić information content (AvgIpc) is 3.45. The van der Waals surface area contributed by atoms with Gasteiger partial charge in [0.2, 0.25) is 0 Å². The van der Waals surface area contributed by atoms with Gasteiger partial charge in [-0.3, -0.25) is 0 Å². The molecule has 1 aliphatic rings. The van der Waals surface area contributed by atoms with E-state index in [4.69, 9.17) is 15.0 Å². The first-order valence-corrected chi connectivity index (χ1v) is 14.7. The third kappa shape index (κ3) is 4.24. The number of benzene rings is 4. The van der Waals surface area contributed by atoms with Crippen molar-refractivity contribution < 1.29 is 0 Å². The van der Waals surface area contributed by atoms with Crippen LogP contribution in [0.5, 0.6) is 0 Å². The monoisotopic (exact) mass is 543 g/mol. The second-order valence-corrected chi connectivity index (χ2v) is 11.4. The smallest absolute Gasteiger partial charge is 0.160 e. The first-order valence-electron chi connectivity index (χ1n) is 13.9. The number of aromatic nitrogens is 3. The Morgan fingerprint density at radius 3 is 2.22 bits per heavy atom. The highest BCUT2D eigenvalue weighted by atomic mass is 32.1. The molecule has 0 aliphatic heterocycles. The van der Waals surface area contributed by atoms with Crippen molar-refractivity contribution in [3.05, 3.63) is 139 Å². The number of allylic oxidation sites excluding steroid dienone is 4. The van der Waals surface area contributed by atoms with Gasteiger partial charge in [-0.15, -0.1) is 11.3 Å². The molecule has 41 heavy (non-hydrogen) atoms. The van der Waals surface area contributed by atoms with Gasteiger partial charge in [0.25, 0.3) is 0 Å². The molecule has 0 saturated carbocycles. The Labute approximate surface area is 242 Å². The highest BCUT2D eigenvalue weighted by Gasteiger charge is 2.18. The molecule has 4 heteroatoms. The van der Waals surface area contributed by atoms with Gasteiger partial charge < -0.3 is 0 Å². The average molecular weight is 544 g/mol. The zero-order valence-electron chi connectivity index (χ0n) is 22.2. The van der Waals surface area contributed by atoms with Crippen molar-refractivity contribution in [2.75, 3.05) is 0 Å². The summed E-state index contributed by atoms with van der Waals surface area (Å²) in [5.41, 5.74) is 7.21. The van der Waals surface area contributed by atoms with Crippen molar-refractivity contribution in [2.45, 2.75) is 12.3 Å². The second kappa shape index (κ2) is 9.92. The van der Waals surface area contributed by atoms with Gasteiger partial charge in [-0.05, 0) is 24.6 Å². The highest BCUT2D eigenvalue weighted by molar-refractivity contribution is 7.26. The number of pyridine rings is 1. The summed E-state index contributed by atoms with van der Waals surface area (Å²) in [5, 5.41) is 3.77. The minimum Gasteiger partial charge on any atom is -0.246 e. The normalized spacial score (nSPS) is 14.8. The Morgan fingerprint density at radius 2 is 1.39 bits per heavy atom. The fourth-order valence-electron chi connectivity index (χ4n) is 5.75. The summed E-state index contributed by atoms with van der Waals surface area (Å²) in [5.74, 6) is 0.987. The summed E-state index contributed by atoms with van der Waals surface area (Å²) in [6.07, 6.45) is 9.58. The van der Waals surface area contributed by atoms with Gasteiger partial charge in [0.05, 0.1) is 27.3 Å². The summed E-state index contributed by atoms with van der Waals surface area (Å²) in [6, 6.07) is 38.2. The summed E-state index contributed by atoms with van der Waals surface area (Å²) < 4.78 is 2.50. The quantitative estimate of drug-likeness (QED) is 0.222. The molecule has 0 radical (unpaired) electrons. The number of rotatable bonds is 4. The second-order valence-electron chi connectivity index (χ2n) is 10.4. The number of hydrogen-bond donors (Lipinski definition) is 0. The first kappa shape index (κ1) is 23.9.